The Bertz CT molecular complexity index is 927. The zero-order chi connectivity index (χ0) is 21.6. The van der Waals surface area contributed by atoms with Crippen LogP contribution in [-0.4, -0.2) is 61.3 Å². The van der Waals surface area contributed by atoms with Crippen molar-refractivity contribution in [3.05, 3.63) is 58.9 Å². The molecular formula is C23H28N4O4. The second-order valence-electron chi connectivity index (χ2n) is 7.61. The molecule has 31 heavy (non-hydrogen) atoms. The van der Waals surface area contributed by atoms with E-state index in [9.17, 15) is 9.59 Å². The predicted molar refractivity (Wildman–Crippen MR) is 116 cm³/mol. The Morgan fingerprint density at radius 1 is 1.10 bits per heavy atom. The van der Waals surface area contributed by atoms with Gasteiger partial charge in [0.15, 0.2) is 5.69 Å². The van der Waals surface area contributed by atoms with Crippen LogP contribution in [0, 0.1) is 0 Å². The molecule has 2 aliphatic rings. The van der Waals surface area contributed by atoms with Gasteiger partial charge in [-0.1, -0.05) is 30.3 Å². The molecule has 0 unspecified atom stereocenters. The number of anilines is 1. The van der Waals surface area contributed by atoms with E-state index in [1.54, 1.807) is 11.8 Å². The lowest BCUT2D eigenvalue weighted by molar-refractivity contribution is 0.0519. The Morgan fingerprint density at radius 2 is 1.87 bits per heavy atom. The maximum Gasteiger partial charge on any atom is 0.410 e. The van der Waals surface area contributed by atoms with E-state index >= 15 is 0 Å². The molecule has 0 saturated carbocycles. The third kappa shape index (κ3) is 4.96. The number of carbonyl (C=O) groups is 2. The van der Waals surface area contributed by atoms with Gasteiger partial charge in [0.1, 0.15) is 6.61 Å². The van der Waals surface area contributed by atoms with Crippen molar-refractivity contribution < 1.29 is 19.1 Å². The van der Waals surface area contributed by atoms with E-state index in [2.05, 4.69) is 15.2 Å². The topological polar surface area (TPSA) is 84.0 Å². The minimum Gasteiger partial charge on any atom is -0.461 e. The summed E-state index contributed by atoms with van der Waals surface area (Å²) in [4.78, 5) is 33.3. The van der Waals surface area contributed by atoms with E-state index in [0.29, 0.717) is 45.0 Å². The highest BCUT2D eigenvalue weighted by molar-refractivity contribution is 5.89. The summed E-state index contributed by atoms with van der Waals surface area (Å²) in [5, 5.41) is 3.32. The summed E-state index contributed by atoms with van der Waals surface area (Å²) in [6, 6.07) is 11.5. The number of benzene rings is 1. The number of fused-ring (bicyclic) bond motifs is 1. The summed E-state index contributed by atoms with van der Waals surface area (Å²) in [5.41, 5.74) is 4.40. The number of nitrogens with zero attached hydrogens (tertiary/aromatic N) is 3. The summed E-state index contributed by atoms with van der Waals surface area (Å²) in [5.74, 6) is -0.403. The maximum absolute atomic E-state index is 12.5. The molecule has 164 valence electrons. The van der Waals surface area contributed by atoms with Crippen molar-refractivity contribution in [3.8, 4) is 0 Å². The summed E-state index contributed by atoms with van der Waals surface area (Å²) in [6.45, 7) is 6.37. The fourth-order valence-electron chi connectivity index (χ4n) is 3.98. The molecule has 0 radical (unpaired) electrons. The molecule has 0 atom stereocenters. The number of pyridine rings is 1. The molecule has 1 amide bonds. The van der Waals surface area contributed by atoms with Crippen LogP contribution in [-0.2, 0) is 29.0 Å². The molecule has 8 heteroatoms. The smallest absolute Gasteiger partial charge is 0.410 e. The van der Waals surface area contributed by atoms with Gasteiger partial charge in [-0.3, -0.25) is 0 Å². The van der Waals surface area contributed by atoms with Gasteiger partial charge in [0, 0.05) is 38.4 Å². The zero-order valence-electron chi connectivity index (χ0n) is 17.8. The van der Waals surface area contributed by atoms with Crippen LogP contribution >= 0.6 is 0 Å². The average Bonchev–Trinajstić information content (AvgIpc) is 2.82. The Balaban J connectivity index is 1.42. The van der Waals surface area contributed by atoms with Crippen LogP contribution in [0.5, 0.6) is 0 Å². The molecule has 1 aromatic heterocycles. The van der Waals surface area contributed by atoms with Gasteiger partial charge in [0.25, 0.3) is 0 Å². The number of aromatic nitrogens is 1. The van der Waals surface area contributed by atoms with Crippen LogP contribution in [0.2, 0.25) is 0 Å². The summed E-state index contributed by atoms with van der Waals surface area (Å²) < 4.78 is 10.6. The SMILES string of the molecule is CCOC(=O)c1cc(N2CCN(C(=O)OCc3ccccc3)CC2)c2c(n1)CNCC2. The van der Waals surface area contributed by atoms with Crippen molar-refractivity contribution in [2.24, 2.45) is 0 Å². The lowest BCUT2D eigenvalue weighted by Crippen LogP contribution is -2.49. The van der Waals surface area contributed by atoms with Crippen LogP contribution in [0.4, 0.5) is 10.5 Å². The highest BCUT2D eigenvalue weighted by atomic mass is 16.6. The molecular weight excluding hydrogens is 396 g/mol. The van der Waals surface area contributed by atoms with E-state index < -0.39 is 5.97 Å². The summed E-state index contributed by atoms with van der Waals surface area (Å²) >= 11 is 0. The first-order chi connectivity index (χ1) is 15.2. The van der Waals surface area contributed by atoms with Gasteiger partial charge in [-0.05, 0) is 37.1 Å². The molecule has 0 spiro atoms. The van der Waals surface area contributed by atoms with E-state index in [-0.39, 0.29) is 12.7 Å². The third-order valence-electron chi connectivity index (χ3n) is 5.60. The van der Waals surface area contributed by atoms with Gasteiger partial charge < -0.3 is 24.6 Å². The minimum atomic E-state index is -0.403. The third-order valence-corrected chi connectivity index (χ3v) is 5.60. The van der Waals surface area contributed by atoms with Gasteiger partial charge in [-0.25, -0.2) is 14.6 Å². The first-order valence-electron chi connectivity index (χ1n) is 10.8. The number of piperazine rings is 1. The number of hydrogen-bond acceptors (Lipinski definition) is 7. The molecule has 2 aliphatic heterocycles. The van der Waals surface area contributed by atoms with Crippen LogP contribution in [0.25, 0.3) is 0 Å². The van der Waals surface area contributed by atoms with Crippen molar-refractivity contribution in [3.63, 3.8) is 0 Å². The Hall–Kier alpha value is -3.13. The first kappa shape index (κ1) is 21.1. The van der Waals surface area contributed by atoms with Crippen LogP contribution in [0.15, 0.2) is 36.4 Å². The molecule has 1 N–H and O–H groups in total. The van der Waals surface area contributed by atoms with Gasteiger partial charge in [-0.15, -0.1) is 0 Å². The number of amides is 1. The van der Waals surface area contributed by atoms with Gasteiger partial charge in [0.05, 0.1) is 12.3 Å². The number of nitrogens with one attached hydrogen (secondary N) is 1. The van der Waals surface area contributed by atoms with Crippen LogP contribution < -0.4 is 10.2 Å². The molecule has 1 fully saturated rings. The largest absolute Gasteiger partial charge is 0.461 e. The molecule has 3 heterocycles. The predicted octanol–water partition coefficient (Wildman–Crippen LogP) is 2.36. The van der Waals surface area contributed by atoms with E-state index in [0.717, 1.165) is 29.9 Å². The Morgan fingerprint density at radius 3 is 2.61 bits per heavy atom. The standard InChI is InChI=1S/C23H28N4O4/c1-2-30-22(28)19-14-21(18-8-9-24-15-20(18)25-19)26-10-12-27(13-11-26)23(29)31-16-17-6-4-3-5-7-17/h3-7,14,24H,2,8-13,15-16H2,1H3. The number of carbonyl (C=O) groups excluding carboxylic acids is 2. The Labute approximate surface area is 182 Å². The second-order valence-corrected chi connectivity index (χ2v) is 7.61. The quantitative estimate of drug-likeness (QED) is 0.738. The maximum atomic E-state index is 12.5. The average molecular weight is 425 g/mol. The van der Waals surface area contributed by atoms with Crippen molar-refractivity contribution >= 4 is 17.7 Å². The van der Waals surface area contributed by atoms with Crippen molar-refractivity contribution in [2.75, 3.05) is 44.2 Å². The van der Waals surface area contributed by atoms with Crippen molar-refractivity contribution in [2.45, 2.75) is 26.5 Å². The summed E-state index contributed by atoms with van der Waals surface area (Å²) in [6.07, 6.45) is 0.566. The van der Waals surface area contributed by atoms with Gasteiger partial charge in [0.2, 0.25) is 0 Å². The molecule has 0 aliphatic carbocycles. The Kier molecular flexibility index (Phi) is 6.66. The first-order valence-corrected chi connectivity index (χ1v) is 10.8. The zero-order valence-corrected chi connectivity index (χ0v) is 17.8. The highest BCUT2D eigenvalue weighted by Gasteiger charge is 2.27. The molecule has 8 nitrogen and oxygen atoms in total. The lowest BCUT2D eigenvalue weighted by Gasteiger charge is -2.37. The summed E-state index contributed by atoms with van der Waals surface area (Å²) in [7, 11) is 0. The monoisotopic (exact) mass is 424 g/mol. The van der Waals surface area contributed by atoms with Gasteiger partial charge >= 0.3 is 12.1 Å². The van der Waals surface area contributed by atoms with Crippen molar-refractivity contribution in [1.29, 1.82) is 0 Å². The normalized spacial score (nSPS) is 15.9. The number of ether oxygens (including phenoxy) is 2. The van der Waals surface area contributed by atoms with E-state index in [4.69, 9.17) is 9.47 Å². The molecule has 4 rings (SSSR count). The fraction of sp³-hybridized carbons (Fsp3) is 0.435. The molecule has 1 aromatic carbocycles. The number of esters is 1. The fourth-order valence-corrected chi connectivity index (χ4v) is 3.98. The van der Waals surface area contributed by atoms with Gasteiger partial charge in [-0.2, -0.15) is 0 Å². The second kappa shape index (κ2) is 9.78. The highest BCUT2D eigenvalue weighted by Crippen LogP contribution is 2.28. The molecule has 0 bridgehead atoms. The van der Waals surface area contributed by atoms with Crippen LogP contribution in [0.3, 0.4) is 0 Å². The van der Waals surface area contributed by atoms with E-state index in [1.165, 1.54) is 5.56 Å². The van der Waals surface area contributed by atoms with Crippen molar-refractivity contribution in [1.82, 2.24) is 15.2 Å². The van der Waals surface area contributed by atoms with Crippen LogP contribution in [0.1, 0.15) is 34.2 Å². The minimum absolute atomic E-state index is 0.271. The molecule has 2 aromatic rings. The van der Waals surface area contributed by atoms with E-state index in [1.807, 2.05) is 36.4 Å². The lowest BCUT2D eigenvalue weighted by atomic mass is 10.0. The number of hydrogen-bond donors (Lipinski definition) is 1. The number of rotatable bonds is 5. The molecule has 1 saturated heterocycles.